The summed E-state index contributed by atoms with van der Waals surface area (Å²) in [6, 6.07) is 9.64. The first-order chi connectivity index (χ1) is 13.0. The van der Waals surface area contributed by atoms with Gasteiger partial charge < -0.3 is 4.90 Å². The molecule has 1 amide bonds. The van der Waals surface area contributed by atoms with Gasteiger partial charge in [-0.05, 0) is 49.9 Å². The molecule has 2 aromatic heterocycles. The minimum atomic E-state index is -0.164. The molecule has 0 N–H and O–H groups in total. The van der Waals surface area contributed by atoms with E-state index in [1.54, 1.807) is 0 Å². The fourth-order valence-electron chi connectivity index (χ4n) is 3.52. The molecule has 0 bridgehead atoms. The van der Waals surface area contributed by atoms with Gasteiger partial charge in [0.15, 0.2) is 0 Å². The maximum atomic E-state index is 12.9. The third-order valence-corrected chi connectivity index (χ3v) is 6.47. The summed E-state index contributed by atoms with van der Waals surface area (Å²) >= 11 is 7.34. The van der Waals surface area contributed by atoms with Gasteiger partial charge in [-0.25, -0.2) is 4.98 Å². The van der Waals surface area contributed by atoms with Crippen LogP contribution in [0, 0.1) is 0 Å². The van der Waals surface area contributed by atoms with E-state index in [2.05, 4.69) is 11.9 Å². The lowest BCUT2D eigenvalue weighted by molar-refractivity contribution is -0.135. The Morgan fingerprint density at radius 2 is 2.07 bits per heavy atom. The maximum absolute atomic E-state index is 12.9. The summed E-state index contributed by atoms with van der Waals surface area (Å²) in [5.74, 6) is -0.0140. The van der Waals surface area contributed by atoms with Gasteiger partial charge in [-0.1, -0.05) is 23.7 Å². The second-order valence-electron chi connectivity index (χ2n) is 6.94. The minimum Gasteiger partial charge on any atom is -0.338 e. The van der Waals surface area contributed by atoms with E-state index in [1.165, 1.54) is 22.2 Å². The van der Waals surface area contributed by atoms with Crippen LogP contribution in [0.15, 0.2) is 41.5 Å². The number of fused-ring (bicyclic) bond motifs is 1. The predicted molar refractivity (Wildman–Crippen MR) is 109 cm³/mol. The summed E-state index contributed by atoms with van der Waals surface area (Å²) in [7, 11) is 0. The van der Waals surface area contributed by atoms with E-state index in [0.717, 1.165) is 36.2 Å². The maximum Gasteiger partial charge on any atom is 0.271 e. The number of nitrogens with zero attached hydrogens (tertiary/aromatic N) is 3. The van der Waals surface area contributed by atoms with Crippen LogP contribution in [0.4, 0.5) is 0 Å². The number of hydrogen-bond acceptors (Lipinski definition) is 4. The number of carbonyl (C=O) groups is 1. The molecule has 0 spiro atoms. The monoisotopic (exact) mass is 401 g/mol. The highest BCUT2D eigenvalue weighted by molar-refractivity contribution is 7.22. The molecule has 0 saturated carbocycles. The lowest BCUT2D eigenvalue weighted by Gasteiger charge is -2.33. The fraction of sp³-hybridized carbons (Fsp3) is 0.350. The molecule has 0 radical (unpaired) electrons. The number of amides is 1. The van der Waals surface area contributed by atoms with E-state index in [-0.39, 0.29) is 24.1 Å². The standard InChI is InChI=1S/C20H20ClN3O2S/c1-13-4-2-3-9-24(13)18(25)11-23-12-22-16-10-17(27-19(16)20(23)26)14-5-7-15(21)8-6-14/h5-8,10,12-13H,2-4,9,11H2,1H3. The first-order valence-electron chi connectivity index (χ1n) is 9.07. The van der Waals surface area contributed by atoms with Crippen LogP contribution in [0.2, 0.25) is 5.02 Å². The molecule has 1 atom stereocenters. The van der Waals surface area contributed by atoms with Gasteiger partial charge in [-0.15, -0.1) is 11.3 Å². The molecule has 1 aliphatic rings. The van der Waals surface area contributed by atoms with Crippen molar-refractivity contribution in [3.8, 4) is 10.4 Å². The van der Waals surface area contributed by atoms with E-state index in [0.29, 0.717) is 15.2 Å². The van der Waals surface area contributed by atoms with Gasteiger partial charge in [0.25, 0.3) is 5.56 Å². The number of carbonyl (C=O) groups excluding carboxylic acids is 1. The summed E-state index contributed by atoms with van der Waals surface area (Å²) in [5.41, 5.74) is 1.49. The average Bonchev–Trinajstić information content (AvgIpc) is 3.10. The molecular formula is C20H20ClN3O2S. The van der Waals surface area contributed by atoms with Gasteiger partial charge in [-0.3, -0.25) is 14.2 Å². The summed E-state index contributed by atoms with van der Waals surface area (Å²) in [5, 5.41) is 0.672. The van der Waals surface area contributed by atoms with Crippen molar-refractivity contribution >= 4 is 39.1 Å². The number of benzene rings is 1. The molecule has 0 aliphatic carbocycles. The molecule has 1 aromatic carbocycles. The zero-order valence-electron chi connectivity index (χ0n) is 15.0. The molecular weight excluding hydrogens is 382 g/mol. The van der Waals surface area contributed by atoms with Crippen molar-refractivity contribution in [2.45, 2.75) is 38.8 Å². The van der Waals surface area contributed by atoms with E-state index in [1.807, 2.05) is 35.2 Å². The summed E-state index contributed by atoms with van der Waals surface area (Å²) < 4.78 is 2.00. The van der Waals surface area contributed by atoms with Crippen LogP contribution >= 0.6 is 22.9 Å². The Bertz CT molecular complexity index is 1040. The van der Waals surface area contributed by atoms with Crippen LogP contribution < -0.4 is 5.56 Å². The molecule has 4 rings (SSSR count). The Labute approximate surface area is 166 Å². The highest BCUT2D eigenvalue weighted by Gasteiger charge is 2.23. The normalized spacial score (nSPS) is 17.4. The van der Waals surface area contributed by atoms with E-state index < -0.39 is 0 Å². The molecule has 1 fully saturated rings. The highest BCUT2D eigenvalue weighted by Crippen LogP contribution is 2.31. The molecule has 1 aliphatic heterocycles. The minimum absolute atomic E-state index is 0.0140. The number of piperidine rings is 1. The summed E-state index contributed by atoms with van der Waals surface area (Å²) in [6.45, 7) is 2.88. The van der Waals surface area contributed by atoms with Crippen molar-refractivity contribution in [3.63, 3.8) is 0 Å². The molecule has 3 aromatic rings. The van der Waals surface area contributed by atoms with E-state index in [9.17, 15) is 9.59 Å². The molecule has 5 nitrogen and oxygen atoms in total. The zero-order chi connectivity index (χ0) is 19.0. The quantitative estimate of drug-likeness (QED) is 0.661. The van der Waals surface area contributed by atoms with Crippen molar-refractivity contribution in [2.24, 2.45) is 0 Å². The van der Waals surface area contributed by atoms with Gasteiger partial charge in [0.1, 0.15) is 11.2 Å². The summed E-state index contributed by atoms with van der Waals surface area (Å²) in [4.78, 5) is 32.8. The molecule has 27 heavy (non-hydrogen) atoms. The number of rotatable bonds is 3. The van der Waals surface area contributed by atoms with Crippen molar-refractivity contribution in [3.05, 3.63) is 52.0 Å². The lowest BCUT2D eigenvalue weighted by Crippen LogP contribution is -2.44. The van der Waals surface area contributed by atoms with Gasteiger partial charge in [0, 0.05) is 22.5 Å². The third-order valence-electron chi connectivity index (χ3n) is 5.06. The first kappa shape index (κ1) is 18.2. The first-order valence-corrected chi connectivity index (χ1v) is 10.3. The zero-order valence-corrected chi connectivity index (χ0v) is 16.6. The number of aromatic nitrogens is 2. The van der Waals surface area contributed by atoms with Gasteiger partial charge in [0.2, 0.25) is 5.91 Å². The topological polar surface area (TPSA) is 55.2 Å². The van der Waals surface area contributed by atoms with Crippen LogP contribution in [0.3, 0.4) is 0 Å². The second kappa shape index (κ2) is 7.44. The molecule has 140 valence electrons. The van der Waals surface area contributed by atoms with Crippen molar-refractivity contribution in [1.29, 1.82) is 0 Å². The summed E-state index contributed by atoms with van der Waals surface area (Å²) in [6.07, 6.45) is 4.68. The third kappa shape index (κ3) is 3.64. The van der Waals surface area contributed by atoms with E-state index >= 15 is 0 Å². The van der Waals surface area contributed by atoms with Crippen molar-refractivity contribution in [1.82, 2.24) is 14.5 Å². The molecule has 1 unspecified atom stereocenters. The second-order valence-corrected chi connectivity index (χ2v) is 8.43. The molecule has 7 heteroatoms. The Balaban J connectivity index is 1.63. The van der Waals surface area contributed by atoms with E-state index in [4.69, 9.17) is 11.6 Å². The largest absolute Gasteiger partial charge is 0.338 e. The number of hydrogen-bond donors (Lipinski definition) is 0. The Morgan fingerprint density at radius 1 is 1.30 bits per heavy atom. The van der Waals surface area contributed by atoms with Gasteiger partial charge >= 0.3 is 0 Å². The lowest BCUT2D eigenvalue weighted by atomic mass is 10.0. The van der Waals surface area contributed by atoms with Crippen molar-refractivity contribution < 1.29 is 4.79 Å². The van der Waals surface area contributed by atoms with Crippen LogP contribution in [0.5, 0.6) is 0 Å². The van der Waals surface area contributed by atoms with Crippen molar-refractivity contribution in [2.75, 3.05) is 6.54 Å². The van der Waals surface area contributed by atoms with Crippen LogP contribution in [-0.4, -0.2) is 32.9 Å². The Kier molecular flexibility index (Phi) is 5.02. The molecule has 1 saturated heterocycles. The predicted octanol–water partition coefficient (Wildman–Crippen LogP) is 4.18. The Morgan fingerprint density at radius 3 is 2.81 bits per heavy atom. The molecule has 3 heterocycles. The van der Waals surface area contributed by atoms with Crippen LogP contribution in [0.25, 0.3) is 20.7 Å². The highest BCUT2D eigenvalue weighted by atomic mass is 35.5. The SMILES string of the molecule is CC1CCCCN1C(=O)Cn1cnc2cc(-c3ccc(Cl)cc3)sc2c1=O. The van der Waals surface area contributed by atoms with Crippen LogP contribution in [0.1, 0.15) is 26.2 Å². The number of thiophene rings is 1. The van der Waals surface area contributed by atoms with Gasteiger partial charge in [0.05, 0.1) is 11.8 Å². The number of halogens is 1. The fourth-order valence-corrected chi connectivity index (χ4v) is 4.71. The average molecular weight is 402 g/mol. The Hall–Kier alpha value is -2.18. The smallest absolute Gasteiger partial charge is 0.271 e. The number of likely N-dealkylation sites (tertiary alicyclic amines) is 1. The van der Waals surface area contributed by atoms with Gasteiger partial charge in [-0.2, -0.15) is 0 Å². The van der Waals surface area contributed by atoms with Crippen LogP contribution in [-0.2, 0) is 11.3 Å².